The first kappa shape index (κ1) is 21.2. The minimum absolute atomic E-state index is 0.171. The highest BCUT2D eigenvalue weighted by atomic mass is 32.2. The number of nitrogens with zero attached hydrogens (tertiary/aromatic N) is 3. The fourth-order valence-electron chi connectivity index (χ4n) is 3.68. The third kappa shape index (κ3) is 4.38. The van der Waals surface area contributed by atoms with Gasteiger partial charge in [0, 0.05) is 38.1 Å². The molecule has 1 amide bonds. The number of imidazole rings is 1. The Morgan fingerprint density at radius 3 is 2.29 bits per heavy atom. The zero-order chi connectivity index (χ0) is 22.0. The molecule has 1 N–H and O–H groups in total. The maximum absolute atomic E-state index is 13.4. The predicted molar refractivity (Wildman–Crippen MR) is 113 cm³/mol. The van der Waals surface area contributed by atoms with Gasteiger partial charge in [-0.2, -0.15) is 4.31 Å². The summed E-state index contributed by atoms with van der Waals surface area (Å²) in [5.74, 6) is -0.167. The molecule has 3 aromatic rings. The molecule has 1 fully saturated rings. The normalized spacial score (nSPS) is 15.7. The van der Waals surface area contributed by atoms with Crippen LogP contribution in [-0.2, 0) is 17.1 Å². The van der Waals surface area contributed by atoms with E-state index in [1.54, 1.807) is 29.1 Å². The molecule has 162 valence electrons. The fraction of sp³-hybridized carbons (Fsp3) is 0.273. The number of rotatable bonds is 6. The van der Waals surface area contributed by atoms with Crippen LogP contribution >= 0.6 is 0 Å². The Morgan fingerprint density at radius 2 is 1.71 bits per heavy atom. The van der Waals surface area contributed by atoms with Crippen molar-refractivity contribution in [3.63, 3.8) is 0 Å². The number of carbonyl (C=O) groups excluding carboxylic acids is 1. The lowest BCUT2D eigenvalue weighted by molar-refractivity contribution is 0.0941. The number of sulfonamides is 1. The average molecular weight is 443 g/mol. The SMILES string of the molecule is Cn1ccnc1C(NC(=O)c1ccc(S(=O)(=O)N2CCCC2)cc1)c1ccc(F)cc1. The molecule has 9 heteroatoms. The highest BCUT2D eigenvalue weighted by Gasteiger charge is 2.27. The van der Waals surface area contributed by atoms with Gasteiger partial charge in [-0.25, -0.2) is 17.8 Å². The predicted octanol–water partition coefficient (Wildman–Crippen LogP) is 2.86. The molecule has 1 atom stereocenters. The Kier molecular flexibility index (Phi) is 5.88. The van der Waals surface area contributed by atoms with Crippen molar-refractivity contribution in [2.75, 3.05) is 13.1 Å². The number of aryl methyl sites for hydroxylation is 1. The van der Waals surface area contributed by atoms with Crippen LogP contribution in [0.5, 0.6) is 0 Å². The number of nitrogens with one attached hydrogen (secondary N) is 1. The molecule has 2 aromatic carbocycles. The molecule has 0 radical (unpaired) electrons. The van der Waals surface area contributed by atoms with Gasteiger partial charge >= 0.3 is 0 Å². The average Bonchev–Trinajstić information content (AvgIpc) is 3.45. The summed E-state index contributed by atoms with van der Waals surface area (Å²) >= 11 is 0. The molecule has 4 rings (SSSR count). The van der Waals surface area contributed by atoms with E-state index in [2.05, 4.69) is 10.3 Å². The maximum Gasteiger partial charge on any atom is 0.252 e. The molecule has 0 aliphatic carbocycles. The number of hydrogen-bond acceptors (Lipinski definition) is 4. The van der Waals surface area contributed by atoms with Crippen molar-refractivity contribution in [3.05, 3.63) is 83.7 Å². The second-order valence-electron chi connectivity index (χ2n) is 7.49. The number of aromatic nitrogens is 2. The second-order valence-corrected chi connectivity index (χ2v) is 9.43. The maximum atomic E-state index is 13.4. The van der Waals surface area contributed by atoms with Crippen molar-refractivity contribution in [3.8, 4) is 0 Å². The van der Waals surface area contributed by atoms with Gasteiger partial charge in [0.05, 0.1) is 4.90 Å². The fourth-order valence-corrected chi connectivity index (χ4v) is 5.19. The zero-order valence-electron chi connectivity index (χ0n) is 17.0. The van der Waals surface area contributed by atoms with Crippen molar-refractivity contribution < 1.29 is 17.6 Å². The molecule has 1 aliphatic heterocycles. The van der Waals surface area contributed by atoms with E-state index in [1.807, 2.05) is 7.05 Å². The van der Waals surface area contributed by atoms with Crippen LogP contribution in [0.25, 0.3) is 0 Å². The summed E-state index contributed by atoms with van der Waals surface area (Å²) in [5.41, 5.74) is 0.999. The third-order valence-corrected chi connectivity index (χ3v) is 7.33. The molecule has 0 bridgehead atoms. The van der Waals surface area contributed by atoms with Gasteiger partial charge in [-0.1, -0.05) is 12.1 Å². The Bertz CT molecular complexity index is 1170. The van der Waals surface area contributed by atoms with E-state index in [0.29, 0.717) is 30.0 Å². The Hall–Kier alpha value is -3.04. The monoisotopic (exact) mass is 442 g/mol. The van der Waals surface area contributed by atoms with E-state index in [9.17, 15) is 17.6 Å². The quantitative estimate of drug-likeness (QED) is 0.636. The van der Waals surface area contributed by atoms with Crippen LogP contribution < -0.4 is 5.32 Å². The van der Waals surface area contributed by atoms with E-state index in [0.717, 1.165) is 12.8 Å². The summed E-state index contributed by atoms with van der Waals surface area (Å²) in [5, 5.41) is 2.92. The minimum atomic E-state index is -3.54. The highest BCUT2D eigenvalue weighted by molar-refractivity contribution is 7.89. The molecule has 2 heterocycles. The Labute approximate surface area is 180 Å². The highest BCUT2D eigenvalue weighted by Crippen LogP contribution is 2.23. The lowest BCUT2D eigenvalue weighted by Gasteiger charge is -2.19. The molecule has 7 nitrogen and oxygen atoms in total. The minimum Gasteiger partial charge on any atom is -0.338 e. The smallest absolute Gasteiger partial charge is 0.252 e. The molecule has 0 saturated carbocycles. The van der Waals surface area contributed by atoms with Crippen LogP contribution in [0.2, 0.25) is 0 Å². The topological polar surface area (TPSA) is 84.3 Å². The summed E-state index contributed by atoms with van der Waals surface area (Å²) < 4.78 is 42.0. The van der Waals surface area contributed by atoms with Crippen molar-refractivity contribution in [1.29, 1.82) is 0 Å². The van der Waals surface area contributed by atoms with Crippen LogP contribution in [0.3, 0.4) is 0 Å². The van der Waals surface area contributed by atoms with Crippen LogP contribution in [0, 0.1) is 5.82 Å². The van der Waals surface area contributed by atoms with Crippen LogP contribution in [0.4, 0.5) is 4.39 Å². The molecule has 1 aromatic heterocycles. The van der Waals surface area contributed by atoms with E-state index in [4.69, 9.17) is 0 Å². The largest absolute Gasteiger partial charge is 0.338 e. The van der Waals surface area contributed by atoms with Crippen LogP contribution in [0.1, 0.15) is 40.6 Å². The van der Waals surface area contributed by atoms with E-state index < -0.39 is 16.1 Å². The number of hydrogen-bond donors (Lipinski definition) is 1. The van der Waals surface area contributed by atoms with Gasteiger partial charge in [0.2, 0.25) is 10.0 Å². The summed E-state index contributed by atoms with van der Waals surface area (Å²) in [4.78, 5) is 17.4. The molecule has 31 heavy (non-hydrogen) atoms. The molecular formula is C22H23FN4O3S. The molecule has 1 unspecified atom stereocenters. The lowest BCUT2D eigenvalue weighted by atomic mass is 10.1. The standard InChI is InChI=1S/C22H23FN4O3S/c1-26-15-12-24-21(26)20(16-4-8-18(23)9-5-16)25-22(28)17-6-10-19(11-7-17)31(29,30)27-13-2-3-14-27/h4-12,15,20H,2-3,13-14H2,1H3,(H,25,28). The zero-order valence-corrected chi connectivity index (χ0v) is 17.8. The Balaban J connectivity index is 1.57. The molecular weight excluding hydrogens is 419 g/mol. The Morgan fingerprint density at radius 1 is 1.06 bits per heavy atom. The summed E-state index contributed by atoms with van der Waals surface area (Å²) in [7, 11) is -1.73. The summed E-state index contributed by atoms with van der Waals surface area (Å²) in [6.45, 7) is 1.04. The first-order valence-corrected chi connectivity index (χ1v) is 11.4. The van der Waals surface area contributed by atoms with E-state index in [1.165, 1.54) is 40.7 Å². The van der Waals surface area contributed by atoms with Crippen molar-refractivity contribution >= 4 is 15.9 Å². The third-order valence-electron chi connectivity index (χ3n) is 5.41. The van der Waals surface area contributed by atoms with Crippen LogP contribution in [0.15, 0.2) is 65.8 Å². The molecule has 0 spiro atoms. The lowest BCUT2D eigenvalue weighted by Crippen LogP contribution is -2.31. The van der Waals surface area contributed by atoms with Gasteiger partial charge < -0.3 is 9.88 Å². The van der Waals surface area contributed by atoms with Gasteiger partial charge in [-0.15, -0.1) is 0 Å². The number of amides is 1. The van der Waals surface area contributed by atoms with Crippen molar-refractivity contribution in [2.45, 2.75) is 23.8 Å². The first-order valence-electron chi connectivity index (χ1n) is 10.00. The van der Waals surface area contributed by atoms with Gasteiger partial charge in [-0.05, 0) is 54.8 Å². The van der Waals surface area contributed by atoms with Gasteiger partial charge in [0.25, 0.3) is 5.91 Å². The van der Waals surface area contributed by atoms with E-state index >= 15 is 0 Å². The number of benzene rings is 2. The van der Waals surface area contributed by atoms with Crippen molar-refractivity contribution in [1.82, 2.24) is 19.2 Å². The number of halogens is 1. The summed E-state index contributed by atoms with van der Waals surface area (Å²) in [6, 6.07) is 11.2. The van der Waals surface area contributed by atoms with Crippen LogP contribution in [-0.4, -0.2) is 41.3 Å². The molecule has 1 saturated heterocycles. The van der Waals surface area contributed by atoms with Gasteiger partial charge in [0.1, 0.15) is 17.7 Å². The van der Waals surface area contributed by atoms with Crippen molar-refractivity contribution in [2.24, 2.45) is 7.05 Å². The number of carbonyl (C=O) groups is 1. The summed E-state index contributed by atoms with van der Waals surface area (Å²) in [6.07, 6.45) is 5.10. The van der Waals surface area contributed by atoms with E-state index in [-0.39, 0.29) is 16.6 Å². The second kappa shape index (κ2) is 8.60. The first-order chi connectivity index (χ1) is 14.9. The van der Waals surface area contributed by atoms with Gasteiger partial charge in [-0.3, -0.25) is 4.79 Å². The molecule has 1 aliphatic rings. The van der Waals surface area contributed by atoms with Gasteiger partial charge in [0.15, 0.2) is 0 Å².